The van der Waals surface area contributed by atoms with Gasteiger partial charge in [-0.1, -0.05) is 18.2 Å². The number of aromatic hydroxyl groups is 1. The van der Waals surface area contributed by atoms with Gasteiger partial charge in [-0.2, -0.15) is 0 Å². The fourth-order valence-corrected chi connectivity index (χ4v) is 2.95. The Kier molecular flexibility index (Phi) is 3.36. The van der Waals surface area contributed by atoms with Crippen LogP contribution in [-0.4, -0.2) is 30.7 Å². The number of likely N-dealkylation sites (N-methyl/N-ethyl adjacent to an activating group) is 1. The molecule has 1 atom stereocenters. The first kappa shape index (κ1) is 13.0. The van der Waals surface area contributed by atoms with Gasteiger partial charge in [0.15, 0.2) is 0 Å². The summed E-state index contributed by atoms with van der Waals surface area (Å²) in [7, 11) is 3.80. The van der Waals surface area contributed by atoms with Crippen LogP contribution < -0.4 is 4.74 Å². The van der Waals surface area contributed by atoms with E-state index in [1.807, 2.05) is 24.3 Å². The highest BCUT2D eigenvalue weighted by atomic mass is 16.5. The van der Waals surface area contributed by atoms with Crippen LogP contribution in [0.15, 0.2) is 42.5 Å². The molecule has 0 aromatic heterocycles. The first-order chi connectivity index (χ1) is 9.69. The van der Waals surface area contributed by atoms with Gasteiger partial charge >= 0.3 is 0 Å². The smallest absolute Gasteiger partial charge is 0.118 e. The third-order valence-electron chi connectivity index (χ3n) is 4.03. The van der Waals surface area contributed by atoms with E-state index in [1.54, 1.807) is 13.2 Å². The molecule has 0 spiro atoms. The third-order valence-corrected chi connectivity index (χ3v) is 4.03. The molecule has 1 heterocycles. The summed E-state index contributed by atoms with van der Waals surface area (Å²) in [6.45, 7) is 1.02. The van der Waals surface area contributed by atoms with Gasteiger partial charge < -0.3 is 9.84 Å². The molecule has 0 bridgehead atoms. The second-order valence-corrected chi connectivity index (χ2v) is 5.29. The number of phenols is 1. The summed E-state index contributed by atoms with van der Waals surface area (Å²) in [6, 6.07) is 14.1. The molecular weight excluding hydrogens is 250 g/mol. The molecule has 104 valence electrons. The molecule has 1 aliphatic heterocycles. The van der Waals surface area contributed by atoms with Crippen molar-refractivity contribution in [3.8, 4) is 11.5 Å². The molecule has 1 N–H and O–H groups in total. The molecule has 0 aliphatic carbocycles. The summed E-state index contributed by atoms with van der Waals surface area (Å²) in [4.78, 5) is 2.32. The maximum atomic E-state index is 9.78. The van der Waals surface area contributed by atoms with Gasteiger partial charge in [-0.05, 0) is 54.4 Å². The highest BCUT2D eigenvalue weighted by molar-refractivity contribution is 5.44. The molecule has 3 nitrogen and oxygen atoms in total. The molecule has 3 rings (SSSR count). The number of ether oxygens (including phenoxy) is 1. The Bertz CT molecular complexity index is 607. The van der Waals surface area contributed by atoms with Crippen LogP contribution in [0.4, 0.5) is 0 Å². The number of nitrogens with zero attached hydrogens (tertiary/aromatic N) is 1. The maximum absolute atomic E-state index is 9.78. The van der Waals surface area contributed by atoms with Gasteiger partial charge in [0.05, 0.1) is 13.2 Å². The lowest BCUT2D eigenvalue weighted by Crippen LogP contribution is -2.32. The zero-order chi connectivity index (χ0) is 14.1. The molecular formula is C17H19NO2. The maximum Gasteiger partial charge on any atom is 0.118 e. The Morgan fingerprint density at radius 1 is 1.15 bits per heavy atom. The van der Waals surface area contributed by atoms with Gasteiger partial charge in [-0.15, -0.1) is 0 Å². The van der Waals surface area contributed by atoms with Crippen LogP contribution in [0.1, 0.15) is 22.7 Å². The van der Waals surface area contributed by atoms with E-state index in [2.05, 4.69) is 24.1 Å². The van der Waals surface area contributed by atoms with E-state index >= 15 is 0 Å². The second-order valence-electron chi connectivity index (χ2n) is 5.29. The molecule has 0 saturated heterocycles. The second kappa shape index (κ2) is 5.17. The summed E-state index contributed by atoms with van der Waals surface area (Å²) >= 11 is 0. The lowest BCUT2D eigenvalue weighted by Gasteiger charge is -2.35. The Hall–Kier alpha value is -2.00. The zero-order valence-electron chi connectivity index (χ0n) is 11.8. The van der Waals surface area contributed by atoms with Crippen LogP contribution in [0.25, 0.3) is 0 Å². The van der Waals surface area contributed by atoms with Crippen molar-refractivity contribution in [2.24, 2.45) is 0 Å². The van der Waals surface area contributed by atoms with Crippen LogP contribution in [0.2, 0.25) is 0 Å². The molecule has 1 aliphatic rings. The van der Waals surface area contributed by atoms with Crippen LogP contribution >= 0.6 is 0 Å². The first-order valence-electron chi connectivity index (χ1n) is 6.85. The van der Waals surface area contributed by atoms with E-state index in [9.17, 15) is 5.11 Å². The van der Waals surface area contributed by atoms with Crippen molar-refractivity contribution >= 4 is 0 Å². The van der Waals surface area contributed by atoms with Gasteiger partial charge in [0, 0.05) is 6.54 Å². The Morgan fingerprint density at radius 3 is 2.60 bits per heavy atom. The van der Waals surface area contributed by atoms with Crippen molar-refractivity contribution in [3.05, 3.63) is 59.2 Å². The van der Waals surface area contributed by atoms with Crippen LogP contribution in [0.3, 0.4) is 0 Å². The van der Waals surface area contributed by atoms with E-state index in [0.717, 1.165) is 18.7 Å². The number of fused-ring (bicyclic) bond motifs is 1. The summed E-state index contributed by atoms with van der Waals surface area (Å²) in [5, 5.41) is 9.78. The van der Waals surface area contributed by atoms with Gasteiger partial charge in [0.2, 0.25) is 0 Å². The molecule has 0 amide bonds. The molecule has 2 aromatic carbocycles. The number of phenolic OH excluding ortho intramolecular Hbond substituents is 1. The minimum absolute atomic E-state index is 0.191. The average molecular weight is 269 g/mol. The van der Waals surface area contributed by atoms with Crippen molar-refractivity contribution in [1.82, 2.24) is 4.90 Å². The summed E-state index contributed by atoms with van der Waals surface area (Å²) < 4.78 is 5.22. The summed E-state index contributed by atoms with van der Waals surface area (Å²) in [6.07, 6.45) is 1.03. The van der Waals surface area contributed by atoms with E-state index in [-0.39, 0.29) is 6.04 Å². The third kappa shape index (κ3) is 2.25. The predicted molar refractivity (Wildman–Crippen MR) is 79.3 cm³/mol. The van der Waals surface area contributed by atoms with E-state index in [0.29, 0.717) is 5.75 Å². The highest BCUT2D eigenvalue weighted by Gasteiger charge is 2.26. The molecule has 3 heteroatoms. The lowest BCUT2D eigenvalue weighted by molar-refractivity contribution is 0.264. The first-order valence-corrected chi connectivity index (χ1v) is 6.85. The number of rotatable bonds is 2. The van der Waals surface area contributed by atoms with Crippen molar-refractivity contribution < 1.29 is 9.84 Å². The van der Waals surface area contributed by atoms with E-state index in [1.165, 1.54) is 16.7 Å². The molecule has 1 unspecified atom stereocenters. The Balaban J connectivity index is 2.05. The fourth-order valence-electron chi connectivity index (χ4n) is 2.95. The summed E-state index contributed by atoms with van der Waals surface area (Å²) in [5.74, 6) is 1.20. The molecule has 2 aromatic rings. The highest BCUT2D eigenvalue weighted by Crippen LogP contribution is 2.36. The molecule has 0 radical (unpaired) electrons. The van der Waals surface area contributed by atoms with Crippen molar-refractivity contribution in [2.45, 2.75) is 12.5 Å². The van der Waals surface area contributed by atoms with E-state index < -0.39 is 0 Å². The number of benzene rings is 2. The largest absolute Gasteiger partial charge is 0.508 e. The Morgan fingerprint density at radius 2 is 1.90 bits per heavy atom. The van der Waals surface area contributed by atoms with Gasteiger partial charge in [-0.3, -0.25) is 4.90 Å². The van der Waals surface area contributed by atoms with Crippen LogP contribution in [-0.2, 0) is 6.42 Å². The van der Waals surface area contributed by atoms with Gasteiger partial charge in [-0.25, -0.2) is 0 Å². The topological polar surface area (TPSA) is 32.7 Å². The number of hydrogen-bond acceptors (Lipinski definition) is 3. The van der Waals surface area contributed by atoms with Crippen molar-refractivity contribution in [3.63, 3.8) is 0 Å². The van der Waals surface area contributed by atoms with Crippen molar-refractivity contribution in [2.75, 3.05) is 20.7 Å². The quantitative estimate of drug-likeness (QED) is 0.909. The van der Waals surface area contributed by atoms with Gasteiger partial charge in [0.1, 0.15) is 11.5 Å². The minimum Gasteiger partial charge on any atom is -0.508 e. The molecule has 0 fully saturated rings. The standard InChI is InChI=1S/C17H19NO2/c1-18-10-9-12-3-6-14(19)11-16(12)17(18)13-4-7-15(20-2)8-5-13/h3-8,11,17,19H,9-10H2,1-2H3. The predicted octanol–water partition coefficient (Wildman–Crippen LogP) is 2.98. The fraction of sp³-hybridized carbons (Fsp3) is 0.294. The van der Waals surface area contributed by atoms with E-state index in [4.69, 9.17) is 4.74 Å². The molecule has 0 saturated carbocycles. The van der Waals surface area contributed by atoms with Crippen LogP contribution in [0, 0.1) is 0 Å². The number of methoxy groups -OCH3 is 1. The zero-order valence-corrected chi connectivity index (χ0v) is 11.8. The minimum atomic E-state index is 0.191. The summed E-state index contributed by atoms with van der Waals surface area (Å²) in [5.41, 5.74) is 3.74. The van der Waals surface area contributed by atoms with Gasteiger partial charge in [0.25, 0.3) is 0 Å². The average Bonchev–Trinajstić information content (AvgIpc) is 2.47. The van der Waals surface area contributed by atoms with Crippen molar-refractivity contribution in [1.29, 1.82) is 0 Å². The SMILES string of the molecule is COc1ccc(C2c3cc(O)ccc3CCN2C)cc1. The lowest BCUT2D eigenvalue weighted by atomic mass is 9.88. The Labute approximate surface area is 119 Å². The molecule has 20 heavy (non-hydrogen) atoms. The monoisotopic (exact) mass is 269 g/mol. The van der Waals surface area contributed by atoms with Crippen LogP contribution in [0.5, 0.6) is 11.5 Å². The normalized spacial score (nSPS) is 18.6. The number of hydrogen-bond donors (Lipinski definition) is 1.